The minimum atomic E-state index is -0.106. The molecule has 0 saturated carbocycles. The maximum Gasteiger partial charge on any atom is 0.322 e. The first-order valence-electron chi connectivity index (χ1n) is 11.9. The fourth-order valence-electron chi connectivity index (χ4n) is 4.56. The lowest BCUT2D eigenvalue weighted by Crippen LogP contribution is -2.56. The minimum absolute atomic E-state index is 0.000354. The van der Waals surface area contributed by atoms with Gasteiger partial charge in [0.25, 0.3) is 0 Å². The Labute approximate surface area is 206 Å². The van der Waals surface area contributed by atoms with E-state index in [1.54, 1.807) is 7.11 Å². The summed E-state index contributed by atoms with van der Waals surface area (Å²) in [5, 5.41) is 3.00. The molecule has 2 aliphatic heterocycles. The molecular formula is C28H30N4O3. The lowest BCUT2D eigenvalue weighted by molar-refractivity contribution is 0.145. The van der Waals surface area contributed by atoms with E-state index in [4.69, 9.17) is 14.5 Å². The zero-order valence-electron chi connectivity index (χ0n) is 20.5. The van der Waals surface area contributed by atoms with Gasteiger partial charge < -0.3 is 24.6 Å². The molecule has 2 aliphatic rings. The molecule has 2 amide bonds. The molecule has 1 saturated heterocycles. The molecule has 0 radical (unpaired) electrons. The van der Waals surface area contributed by atoms with Crippen LogP contribution < -0.4 is 14.8 Å². The first kappa shape index (κ1) is 22.8. The number of fused-ring (bicyclic) bond motifs is 2. The largest absolute Gasteiger partial charge is 0.497 e. The number of carbonyl (C=O) groups excluding carboxylic acids is 1. The van der Waals surface area contributed by atoms with Crippen molar-refractivity contribution >= 4 is 23.2 Å². The number of ether oxygens (including phenoxy) is 2. The van der Waals surface area contributed by atoms with E-state index in [0.29, 0.717) is 19.6 Å². The Morgan fingerprint density at radius 2 is 1.74 bits per heavy atom. The number of nitrogens with one attached hydrogen (secondary N) is 1. The van der Waals surface area contributed by atoms with Gasteiger partial charge in [0.2, 0.25) is 0 Å². The second-order valence-electron chi connectivity index (χ2n) is 9.16. The Balaban J connectivity index is 1.38. The van der Waals surface area contributed by atoms with E-state index in [-0.39, 0.29) is 12.1 Å². The average Bonchev–Trinajstić information content (AvgIpc) is 3.00. The van der Waals surface area contributed by atoms with E-state index >= 15 is 0 Å². The maximum atomic E-state index is 13.0. The van der Waals surface area contributed by atoms with E-state index in [1.165, 1.54) is 0 Å². The van der Waals surface area contributed by atoms with Gasteiger partial charge in [0.05, 0.1) is 12.7 Å². The van der Waals surface area contributed by atoms with Crippen LogP contribution in [0.5, 0.6) is 17.2 Å². The molecule has 1 unspecified atom stereocenters. The lowest BCUT2D eigenvalue weighted by atomic mass is 10.1. The quantitative estimate of drug-likeness (QED) is 0.519. The highest BCUT2D eigenvalue weighted by atomic mass is 16.5. The predicted octanol–water partition coefficient (Wildman–Crippen LogP) is 5.73. The van der Waals surface area contributed by atoms with Crippen molar-refractivity contribution in [1.82, 2.24) is 9.80 Å². The molecule has 0 spiro atoms. The fraction of sp³-hybridized carbons (Fsp3) is 0.286. The fourth-order valence-corrected chi connectivity index (χ4v) is 4.56. The number of benzene rings is 3. The number of amides is 2. The number of aryl methyl sites for hydroxylation is 2. The smallest absolute Gasteiger partial charge is 0.322 e. The SMILES string of the molecule is COc1ccc(NC(=O)N2CCN(C3=Nc4ccc(C)cc4Oc4ccc(C)cc43)CC2C)cc1. The Kier molecular flexibility index (Phi) is 6.07. The molecule has 1 N–H and O–H groups in total. The van der Waals surface area contributed by atoms with Crippen LogP contribution in [0.15, 0.2) is 65.7 Å². The van der Waals surface area contributed by atoms with Crippen molar-refractivity contribution in [2.75, 3.05) is 32.1 Å². The molecule has 1 fully saturated rings. The number of methoxy groups -OCH3 is 1. The number of aliphatic imine (C=N–C) groups is 1. The van der Waals surface area contributed by atoms with Crippen molar-refractivity contribution < 1.29 is 14.3 Å². The zero-order chi connectivity index (χ0) is 24.5. The van der Waals surface area contributed by atoms with Crippen LogP contribution in [0.2, 0.25) is 0 Å². The summed E-state index contributed by atoms with van der Waals surface area (Å²) < 4.78 is 11.5. The number of hydrogen-bond donors (Lipinski definition) is 1. The third-order valence-corrected chi connectivity index (χ3v) is 6.47. The highest BCUT2D eigenvalue weighted by molar-refractivity contribution is 6.04. The van der Waals surface area contributed by atoms with E-state index in [0.717, 1.165) is 51.1 Å². The predicted molar refractivity (Wildman–Crippen MR) is 138 cm³/mol. The van der Waals surface area contributed by atoms with Gasteiger partial charge in [-0.05, 0) is 74.9 Å². The molecule has 0 aromatic heterocycles. The van der Waals surface area contributed by atoms with Crippen LogP contribution in [0.3, 0.4) is 0 Å². The molecular weight excluding hydrogens is 440 g/mol. The van der Waals surface area contributed by atoms with Crippen LogP contribution >= 0.6 is 0 Å². The van der Waals surface area contributed by atoms with E-state index in [1.807, 2.05) is 54.3 Å². The molecule has 7 heteroatoms. The monoisotopic (exact) mass is 470 g/mol. The summed E-state index contributed by atoms with van der Waals surface area (Å²) in [5.41, 5.74) is 4.80. The summed E-state index contributed by atoms with van der Waals surface area (Å²) in [7, 11) is 1.62. The van der Waals surface area contributed by atoms with Crippen LogP contribution in [0.4, 0.5) is 16.2 Å². The Bertz CT molecular complexity index is 1290. The average molecular weight is 471 g/mol. The second kappa shape index (κ2) is 9.33. The van der Waals surface area contributed by atoms with Gasteiger partial charge in [0.1, 0.15) is 23.0 Å². The molecule has 1 atom stereocenters. The first-order valence-corrected chi connectivity index (χ1v) is 11.9. The number of nitrogens with zero attached hydrogens (tertiary/aromatic N) is 3. The van der Waals surface area contributed by atoms with Crippen LogP contribution in [0.25, 0.3) is 0 Å². The number of anilines is 1. The number of rotatable bonds is 2. The number of hydrogen-bond acceptors (Lipinski definition) is 5. The van der Waals surface area contributed by atoms with E-state index < -0.39 is 0 Å². The number of piperazine rings is 1. The van der Waals surface area contributed by atoms with Gasteiger partial charge in [-0.3, -0.25) is 0 Å². The molecule has 180 valence electrons. The van der Waals surface area contributed by atoms with Gasteiger partial charge in [-0.2, -0.15) is 0 Å². The molecule has 0 bridgehead atoms. The van der Waals surface area contributed by atoms with Crippen LogP contribution in [-0.2, 0) is 0 Å². The van der Waals surface area contributed by atoms with Gasteiger partial charge in [-0.25, -0.2) is 9.79 Å². The summed E-state index contributed by atoms with van der Waals surface area (Å²) in [5.74, 6) is 3.19. The molecule has 2 heterocycles. The third kappa shape index (κ3) is 4.67. The summed E-state index contributed by atoms with van der Waals surface area (Å²) in [6, 6.07) is 19.5. The van der Waals surface area contributed by atoms with Crippen LogP contribution in [-0.4, -0.2) is 54.5 Å². The number of amidine groups is 1. The van der Waals surface area contributed by atoms with Crippen molar-refractivity contribution in [2.45, 2.75) is 26.8 Å². The van der Waals surface area contributed by atoms with Crippen molar-refractivity contribution in [3.05, 3.63) is 77.4 Å². The van der Waals surface area contributed by atoms with E-state index in [9.17, 15) is 4.79 Å². The molecule has 7 nitrogen and oxygen atoms in total. The first-order chi connectivity index (χ1) is 16.9. The van der Waals surface area contributed by atoms with Gasteiger partial charge >= 0.3 is 6.03 Å². The molecule has 35 heavy (non-hydrogen) atoms. The van der Waals surface area contributed by atoms with Gasteiger partial charge in [-0.1, -0.05) is 17.7 Å². The molecule has 3 aromatic rings. The van der Waals surface area contributed by atoms with Crippen molar-refractivity contribution in [1.29, 1.82) is 0 Å². The lowest BCUT2D eigenvalue weighted by Gasteiger charge is -2.41. The van der Waals surface area contributed by atoms with Crippen molar-refractivity contribution in [3.63, 3.8) is 0 Å². The minimum Gasteiger partial charge on any atom is -0.497 e. The second-order valence-corrected chi connectivity index (χ2v) is 9.16. The summed E-state index contributed by atoms with van der Waals surface area (Å²) in [6.45, 7) is 8.13. The Hall–Kier alpha value is -4.00. The summed E-state index contributed by atoms with van der Waals surface area (Å²) >= 11 is 0. The van der Waals surface area contributed by atoms with Crippen molar-refractivity contribution in [2.24, 2.45) is 4.99 Å². The van der Waals surface area contributed by atoms with Crippen LogP contribution in [0.1, 0.15) is 23.6 Å². The number of carbonyl (C=O) groups is 1. The Morgan fingerprint density at radius 3 is 2.49 bits per heavy atom. The highest BCUT2D eigenvalue weighted by Gasteiger charge is 2.31. The standard InChI is InChI=1S/C28H30N4O3/c1-18-6-12-25-23(15-18)27(30-24-11-5-19(2)16-26(24)35-25)31-13-14-32(20(3)17-31)28(33)29-21-7-9-22(34-4)10-8-21/h5-12,15-16,20H,13-14,17H2,1-4H3,(H,29,33). The summed E-state index contributed by atoms with van der Waals surface area (Å²) in [4.78, 5) is 22.2. The van der Waals surface area contributed by atoms with Crippen molar-refractivity contribution in [3.8, 4) is 17.2 Å². The zero-order valence-corrected chi connectivity index (χ0v) is 20.5. The van der Waals surface area contributed by atoms with Gasteiger partial charge in [-0.15, -0.1) is 0 Å². The van der Waals surface area contributed by atoms with Crippen LogP contribution in [0, 0.1) is 13.8 Å². The maximum absolute atomic E-state index is 13.0. The normalized spacial score (nSPS) is 16.9. The number of urea groups is 1. The topological polar surface area (TPSA) is 66.4 Å². The van der Waals surface area contributed by atoms with Gasteiger partial charge in [0.15, 0.2) is 5.75 Å². The Morgan fingerprint density at radius 1 is 1.00 bits per heavy atom. The highest BCUT2D eigenvalue weighted by Crippen LogP contribution is 2.39. The summed E-state index contributed by atoms with van der Waals surface area (Å²) in [6.07, 6.45) is 0. The van der Waals surface area contributed by atoms with Gasteiger partial charge in [0, 0.05) is 31.4 Å². The molecule has 0 aliphatic carbocycles. The molecule has 5 rings (SSSR count). The molecule has 3 aromatic carbocycles. The van der Waals surface area contributed by atoms with E-state index in [2.05, 4.69) is 42.3 Å². The third-order valence-electron chi connectivity index (χ3n) is 6.47.